The van der Waals surface area contributed by atoms with Gasteiger partial charge in [-0.05, 0) is 32.3 Å². The molecule has 2 saturated heterocycles. The molecule has 0 aromatic carbocycles. The summed E-state index contributed by atoms with van der Waals surface area (Å²) in [6.07, 6.45) is 7.97. The van der Waals surface area contributed by atoms with Crippen molar-refractivity contribution in [2.24, 2.45) is 5.41 Å². The van der Waals surface area contributed by atoms with Gasteiger partial charge < -0.3 is 19.9 Å². The highest BCUT2D eigenvalue weighted by Crippen LogP contribution is 2.47. The largest absolute Gasteiger partial charge is 0.450 e. The van der Waals surface area contributed by atoms with Crippen molar-refractivity contribution >= 4 is 17.9 Å². The van der Waals surface area contributed by atoms with Gasteiger partial charge in [0.2, 0.25) is 5.95 Å². The fraction of sp³-hybridized carbons (Fsp3) is 0.583. The van der Waals surface area contributed by atoms with Crippen LogP contribution in [0.15, 0.2) is 24.7 Å². The van der Waals surface area contributed by atoms with Gasteiger partial charge >= 0.3 is 6.09 Å². The van der Waals surface area contributed by atoms with Crippen LogP contribution in [0.25, 0.3) is 11.1 Å². The highest BCUT2D eigenvalue weighted by molar-refractivity contribution is 5.75. The number of pyridine rings is 1. The van der Waals surface area contributed by atoms with E-state index in [9.17, 15) is 9.18 Å². The maximum Gasteiger partial charge on any atom is 0.409 e. The molecule has 5 rings (SSSR count). The summed E-state index contributed by atoms with van der Waals surface area (Å²) in [7, 11) is 1.76. The second-order valence-electron chi connectivity index (χ2n) is 9.54. The van der Waals surface area contributed by atoms with Crippen LogP contribution < -0.4 is 10.2 Å². The molecule has 2 aromatic rings. The van der Waals surface area contributed by atoms with Crippen molar-refractivity contribution in [1.29, 1.82) is 0 Å². The Labute approximate surface area is 199 Å². The summed E-state index contributed by atoms with van der Waals surface area (Å²) < 4.78 is 19.2. The highest BCUT2D eigenvalue weighted by atomic mass is 19.1. The highest BCUT2D eigenvalue weighted by Gasteiger charge is 2.51. The fourth-order valence-electron chi connectivity index (χ4n) is 5.67. The van der Waals surface area contributed by atoms with Crippen molar-refractivity contribution in [3.8, 4) is 11.1 Å². The lowest BCUT2D eigenvalue weighted by molar-refractivity contribution is -0.00294. The Morgan fingerprint density at radius 1 is 1.18 bits per heavy atom. The van der Waals surface area contributed by atoms with Gasteiger partial charge in [0.25, 0.3) is 0 Å². The van der Waals surface area contributed by atoms with E-state index in [4.69, 9.17) is 4.74 Å². The Kier molecular flexibility index (Phi) is 6.24. The minimum Gasteiger partial charge on any atom is -0.450 e. The molecule has 1 spiro atoms. The smallest absolute Gasteiger partial charge is 0.409 e. The zero-order valence-corrected chi connectivity index (χ0v) is 19.8. The third kappa shape index (κ3) is 4.38. The summed E-state index contributed by atoms with van der Waals surface area (Å²) in [6.45, 7) is 7.45. The topological polar surface area (TPSA) is 86.7 Å². The van der Waals surface area contributed by atoms with Crippen LogP contribution >= 0.6 is 0 Å². The van der Waals surface area contributed by atoms with Crippen molar-refractivity contribution in [3.63, 3.8) is 0 Å². The van der Waals surface area contributed by atoms with Gasteiger partial charge in [0.05, 0.1) is 12.8 Å². The normalized spacial score (nSPS) is 22.0. The first-order valence-corrected chi connectivity index (χ1v) is 12.1. The Morgan fingerprint density at radius 2 is 1.91 bits per heavy atom. The summed E-state index contributed by atoms with van der Waals surface area (Å²) in [5.41, 5.74) is 1.72. The minimum absolute atomic E-state index is 0.182. The zero-order valence-electron chi connectivity index (χ0n) is 19.8. The third-order valence-corrected chi connectivity index (χ3v) is 7.41. The van der Waals surface area contributed by atoms with E-state index in [1.165, 1.54) is 25.1 Å². The summed E-state index contributed by atoms with van der Waals surface area (Å²) in [5.74, 6) is 0.923. The molecule has 1 saturated carbocycles. The van der Waals surface area contributed by atoms with Crippen molar-refractivity contribution in [2.75, 3.05) is 63.1 Å². The molecule has 0 unspecified atom stereocenters. The molecule has 1 N–H and O–H groups in total. The number of rotatable bonds is 5. The Balaban J connectivity index is 1.21. The molecule has 1 amide bonds. The average Bonchev–Trinajstić information content (AvgIpc) is 3.29. The number of piperazine rings is 1. The van der Waals surface area contributed by atoms with Gasteiger partial charge in [-0.25, -0.2) is 24.1 Å². The molecule has 182 valence electrons. The van der Waals surface area contributed by atoms with Gasteiger partial charge in [-0.1, -0.05) is 0 Å². The Morgan fingerprint density at radius 3 is 2.59 bits per heavy atom. The first-order valence-electron chi connectivity index (χ1n) is 12.1. The van der Waals surface area contributed by atoms with Gasteiger partial charge in [0, 0.05) is 81.3 Å². The van der Waals surface area contributed by atoms with E-state index in [2.05, 4.69) is 30.1 Å². The van der Waals surface area contributed by atoms with Crippen molar-refractivity contribution in [3.05, 3.63) is 30.5 Å². The number of nitrogens with zero attached hydrogens (tertiary/aromatic N) is 6. The number of carbonyl (C=O) groups is 1. The molecule has 2 aromatic heterocycles. The van der Waals surface area contributed by atoms with Crippen molar-refractivity contribution in [1.82, 2.24) is 24.8 Å². The van der Waals surface area contributed by atoms with Gasteiger partial charge in [-0.3, -0.25) is 4.90 Å². The fourth-order valence-corrected chi connectivity index (χ4v) is 5.67. The molecular weight excluding hydrogens is 437 g/mol. The number of hydrogen-bond acceptors (Lipinski definition) is 8. The molecule has 9 nitrogen and oxygen atoms in total. The van der Waals surface area contributed by atoms with Crippen LogP contribution in [0.2, 0.25) is 0 Å². The Hall–Kier alpha value is -3.01. The number of anilines is 2. The van der Waals surface area contributed by atoms with E-state index in [0.29, 0.717) is 24.2 Å². The van der Waals surface area contributed by atoms with Gasteiger partial charge in [-0.2, -0.15) is 0 Å². The number of likely N-dealkylation sites (tertiary alicyclic amines) is 1. The number of amides is 1. The number of carbonyl (C=O) groups excluding carboxylic acids is 1. The van der Waals surface area contributed by atoms with Crippen LogP contribution in [0.5, 0.6) is 0 Å². The summed E-state index contributed by atoms with van der Waals surface area (Å²) in [5, 5.41) is 2.90. The molecule has 2 aliphatic heterocycles. The Bertz CT molecular complexity index is 1020. The predicted molar refractivity (Wildman–Crippen MR) is 127 cm³/mol. The monoisotopic (exact) mass is 469 g/mol. The van der Waals surface area contributed by atoms with Crippen LogP contribution in [0.4, 0.5) is 21.0 Å². The van der Waals surface area contributed by atoms with E-state index in [-0.39, 0.29) is 17.3 Å². The van der Waals surface area contributed by atoms with Crippen LogP contribution in [-0.2, 0) is 4.74 Å². The maximum absolute atomic E-state index is 14.1. The van der Waals surface area contributed by atoms with E-state index >= 15 is 0 Å². The molecule has 4 heterocycles. The van der Waals surface area contributed by atoms with Gasteiger partial charge in [-0.15, -0.1) is 0 Å². The number of ether oxygens (including phenoxy) is 1. The van der Waals surface area contributed by atoms with E-state index in [1.54, 1.807) is 19.4 Å². The lowest BCUT2D eigenvalue weighted by Gasteiger charge is -2.48. The first kappa shape index (κ1) is 22.8. The zero-order chi connectivity index (χ0) is 23.7. The molecule has 1 atom stereocenters. The predicted octanol–water partition coefficient (Wildman–Crippen LogP) is 2.85. The molecule has 0 radical (unpaired) electrons. The standard InChI is InChI=1S/C24H32FN7O2/c1-3-34-23(33)32-15-24(16-32)5-4-19(11-24)30-6-8-31(9-7-30)21-20(10-18(25)14-27-21)17-12-28-22(26-2)29-13-17/h10,12-14,19H,3-9,11,15-16H2,1-2H3,(H,26,28,29)/t19-/m1/s1. The van der Waals surface area contributed by atoms with E-state index in [0.717, 1.165) is 57.1 Å². The van der Waals surface area contributed by atoms with Crippen molar-refractivity contribution < 1.29 is 13.9 Å². The molecule has 10 heteroatoms. The molecule has 1 aliphatic carbocycles. The number of hydrogen-bond donors (Lipinski definition) is 1. The van der Waals surface area contributed by atoms with Crippen molar-refractivity contribution in [2.45, 2.75) is 32.2 Å². The van der Waals surface area contributed by atoms with Crippen LogP contribution in [-0.4, -0.2) is 89.8 Å². The molecule has 3 fully saturated rings. The average molecular weight is 470 g/mol. The minimum atomic E-state index is -0.372. The number of nitrogens with one attached hydrogen (secondary N) is 1. The molecule has 3 aliphatic rings. The third-order valence-electron chi connectivity index (χ3n) is 7.41. The molecular formula is C24H32FN7O2. The first-order chi connectivity index (χ1) is 16.5. The molecule has 0 bridgehead atoms. The summed E-state index contributed by atoms with van der Waals surface area (Å²) in [4.78, 5) is 31.6. The molecule has 34 heavy (non-hydrogen) atoms. The maximum atomic E-state index is 14.1. The second-order valence-corrected chi connectivity index (χ2v) is 9.54. The van der Waals surface area contributed by atoms with Crippen LogP contribution in [0.3, 0.4) is 0 Å². The SMILES string of the molecule is CCOC(=O)N1CC2(CC[C@@H](N3CCN(c4ncc(F)cc4-c4cnc(NC)nc4)CC3)C2)C1. The lowest BCUT2D eigenvalue weighted by atomic mass is 9.78. The van der Waals surface area contributed by atoms with Gasteiger partial charge in [0.15, 0.2) is 0 Å². The van der Waals surface area contributed by atoms with Gasteiger partial charge in [0.1, 0.15) is 11.6 Å². The van der Waals surface area contributed by atoms with Crippen LogP contribution in [0.1, 0.15) is 26.2 Å². The summed E-state index contributed by atoms with van der Waals surface area (Å²) >= 11 is 0. The number of halogens is 1. The quantitative estimate of drug-likeness (QED) is 0.716. The summed E-state index contributed by atoms with van der Waals surface area (Å²) in [6, 6.07) is 2.06. The van der Waals surface area contributed by atoms with E-state index < -0.39 is 0 Å². The lowest BCUT2D eigenvalue weighted by Crippen LogP contribution is -2.58. The number of aromatic nitrogens is 3. The van der Waals surface area contributed by atoms with E-state index in [1.807, 2.05) is 11.8 Å². The van der Waals surface area contributed by atoms with Crippen LogP contribution in [0, 0.1) is 11.2 Å². The second kappa shape index (κ2) is 9.32.